The van der Waals surface area contributed by atoms with Crippen LogP contribution in [-0.2, 0) is 12.2 Å². The third-order valence-electron chi connectivity index (χ3n) is 2.56. The summed E-state index contributed by atoms with van der Waals surface area (Å²) in [6, 6.07) is 9.78. The van der Waals surface area contributed by atoms with Gasteiger partial charge in [0, 0.05) is 5.56 Å². The molecule has 2 aromatic rings. The highest BCUT2D eigenvalue weighted by Gasteiger charge is 2.12. The molecule has 0 fully saturated rings. The maximum absolute atomic E-state index is 8.82. The molecule has 0 N–H and O–H groups in total. The van der Waals surface area contributed by atoms with Crippen LogP contribution in [0, 0.1) is 11.3 Å². The average molecular weight is 273 g/mol. The zero-order valence-corrected chi connectivity index (χ0v) is 11.6. The van der Waals surface area contributed by atoms with Crippen molar-refractivity contribution in [2.75, 3.05) is 5.75 Å². The largest absolute Gasteiger partial charge is 0.334 e. The van der Waals surface area contributed by atoms with Gasteiger partial charge in [0.25, 0.3) is 5.89 Å². The zero-order chi connectivity index (χ0) is 13.5. The van der Waals surface area contributed by atoms with Gasteiger partial charge in [0.2, 0.25) is 0 Å². The molecule has 0 saturated carbocycles. The highest BCUT2D eigenvalue weighted by Crippen LogP contribution is 2.23. The molecule has 19 heavy (non-hydrogen) atoms. The van der Waals surface area contributed by atoms with Crippen LogP contribution in [0.15, 0.2) is 28.8 Å². The van der Waals surface area contributed by atoms with Gasteiger partial charge in [-0.3, -0.25) is 0 Å². The Bertz CT molecular complexity index is 574. The molecule has 0 radical (unpaired) electrons. The van der Waals surface area contributed by atoms with E-state index in [1.807, 2.05) is 24.3 Å². The van der Waals surface area contributed by atoms with Crippen molar-refractivity contribution in [3.63, 3.8) is 0 Å². The Morgan fingerprint density at radius 3 is 3.00 bits per heavy atom. The van der Waals surface area contributed by atoms with Crippen LogP contribution in [0.4, 0.5) is 0 Å². The lowest BCUT2D eigenvalue weighted by molar-refractivity contribution is 0.425. The summed E-state index contributed by atoms with van der Waals surface area (Å²) in [6.07, 6.45) is 1.48. The van der Waals surface area contributed by atoms with E-state index in [2.05, 4.69) is 23.1 Å². The standard InChI is InChI=1S/C14H15N3OS/c1-2-9-19-10-13-16-14(18-17-13)12-6-4-3-5-11(12)7-8-15/h3-6H,2,7,9-10H2,1H3. The first-order chi connectivity index (χ1) is 9.35. The van der Waals surface area contributed by atoms with Crippen molar-refractivity contribution in [3.8, 4) is 17.5 Å². The van der Waals surface area contributed by atoms with E-state index >= 15 is 0 Å². The molecule has 0 bridgehead atoms. The molecule has 1 aromatic heterocycles. The lowest BCUT2D eigenvalue weighted by Crippen LogP contribution is -1.89. The summed E-state index contributed by atoms with van der Waals surface area (Å²) in [5.74, 6) is 3.06. The molecule has 0 atom stereocenters. The van der Waals surface area contributed by atoms with E-state index in [1.165, 1.54) is 0 Å². The van der Waals surface area contributed by atoms with Gasteiger partial charge in [-0.2, -0.15) is 22.0 Å². The average Bonchev–Trinajstić information content (AvgIpc) is 2.89. The smallest absolute Gasteiger partial charge is 0.258 e. The van der Waals surface area contributed by atoms with Crippen molar-refractivity contribution in [1.82, 2.24) is 10.1 Å². The second-order valence-corrected chi connectivity index (χ2v) is 5.17. The molecular weight excluding hydrogens is 258 g/mol. The summed E-state index contributed by atoms with van der Waals surface area (Å²) in [4.78, 5) is 4.39. The van der Waals surface area contributed by atoms with Crippen LogP contribution in [0.5, 0.6) is 0 Å². The molecule has 0 aliphatic heterocycles. The fraction of sp³-hybridized carbons (Fsp3) is 0.357. The Kier molecular flexibility index (Phi) is 4.99. The lowest BCUT2D eigenvalue weighted by Gasteiger charge is -2.00. The quantitative estimate of drug-likeness (QED) is 0.754. The Labute approximate surface area is 116 Å². The number of aromatic nitrogens is 2. The number of benzene rings is 1. The maximum atomic E-state index is 8.82. The molecule has 5 heteroatoms. The fourth-order valence-corrected chi connectivity index (χ4v) is 2.43. The van der Waals surface area contributed by atoms with Crippen LogP contribution in [0.25, 0.3) is 11.5 Å². The van der Waals surface area contributed by atoms with Crippen LogP contribution in [0.1, 0.15) is 24.7 Å². The van der Waals surface area contributed by atoms with E-state index < -0.39 is 0 Å². The minimum Gasteiger partial charge on any atom is -0.334 e. The first-order valence-corrected chi connectivity index (χ1v) is 7.36. The number of nitrogens with zero attached hydrogens (tertiary/aromatic N) is 3. The van der Waals surface area contributed by atoms with Crippen LogP contribution in [-0.4, -0.2) is 15.9 Å². The molecule has 0 aliphatic rings. The molecule has 0 aliphatic carbocycles. The Morgan fingerprint density at radius 2 is 2.21 bits per heavy atom. The summed E-state index contributed by atoms with van der Waals surface area (Å²) in [7, 11) is 0. The molecular formula is C14H15N3OS. The van der Waals surface area contributed by atoms with Crippen LogP contribution >= 0.6 is 11.8 Å². The summed E-state index contributed by atoms with van der Waals surface area (Å²) in [5.41, 5.74) is 1.77. The predicted octanol–water partition coefficient (Wildman–Crippen LogP) is 3.45. The second-order valence-electron chi connectivity index (χ2n) is 4.06. The number of thioether (sulfide) groups is 1. The molecule has 0 unspecified atom stereocenters. The van der Waals surface area contributed by atoms with Crippen molar-refractivity contribution in [3.05, 3.63) is 35.7 Å². The van der Waals surface area contributed by atoms with E-state index in [4.69, 9.17) is 9.78 Å². The third-order valence-corrected chi connectivity index (χ3v) is 3.72. The van der Waals surface area contributed by atoms with Gasteiger partial charge in [-0.1, -0.05) is 30.3 Å². The summed E-state index contributed by atoms with van der Waals surface area (Å²) in [6.45, 7) is 2.15. The summed E-state index contributed by atoms with van der Waals surface area (Å²) in [5, 5.41) is 12.8. The molecule has 0 spiro atoms. The van der Waals surface area contributed by atoms with Gasteiger partial charge in [0.1, 0.15) is 0 Å². The highest BCUT2D eigenvalue weighted by atomic mass is 32.2. The number of rotatable bonds is 6. The molecule has 98 valence electrons. The van der Waals surface area contributed by atoms with Gasteiger partial charge in [-0.15, -0.1) is 0 Å². The molecule has 0 amide bonds. The summed E-state index contributed by atoms with van der Waals surface area (Å²) < 4.78 is 5.28. The zero-order valence-electron chi connectivity index (χ0n) is 10.8. The molecule has 0 saturated heterocycles. The molecule has 1 heterocycles. The predicted molar refractivity (Wildman–Crippen MR) is 75.5 cm³/mol. The first-order valence-electron chi connectivity index (χ1n) is 6.20. The Balaban J connectivity index is 2.16. The Morgan fingerprint density at radius 1 is 1.37 bits per heavy atom. The monoisotopic (exact) mass is 273 g/mol. The summed E-state index contributed by atoms with van der Waals surface area (Å²) >= 11 is 1.79. The number of nitriles is 1. The van der Waals surface area contributed by atoms with Crippen molar-refractivity contribution in [2.24, 2.45) is 0 Å². The molecule has 2 rings (SSSR count). The van der Waals surface area contributed by atoms with Crippen LogP contribution < -0.4 is 0 Å². The third kappa shape index (κ3) is 3.58. The SMILES string of the molecule is CCCSCc1noc(-c2ccccc2CC#N)n1. The first kappa shape index (κ1) is 13.6. The van der Waals surface area contributed by atoms with Crippen LogP contribution in [0.3, 0.4) is 0 Å². The van der Waals surface area contributed by atoms with E-state index in [-0.39, 0.29) is 0 Å². The van der Waals surface area contributed by atoms with E-state index in [0.717, 1.165) is 29.1 Å². The maximum Gasteiger partial charge on any atom is 0.258 e. The fourth-order valence-electron chi connectivity index (χ4n) is 1.70. The van der Waals surface area contributed by atoms with Gasteiger partial charge in [-0.05, 0) is 23.8 Å². The van der Waals surface area contributed by atoms with E-state index in [1.54, 1.807) is 11.8 Å². The van der Waals surface area contributed by atoms with Crippen molar-refractivity contribution in [2.45, 2.75) is 25.5 Å². The van der Waals surface area contributed by atoms with Gasteiger partial charge in [0.15, 0.2) is 5.82 Å². The van der Waals surface area contributed by atoms with Gasteiger partial charge in [0.05, 0.1) is 18.2 Å². The van der Waals surface area contributed by atoms with E-state index in [9.17, 15) is 0 Å². The van der Waals surface area contributed by atoms with Crippen molar-refractivity contribution < 1.29 is 4.52 Å². The normalized spacial score (nSPS) is 10.3. The number of hydrogen-bond donors (Lipinski definition) is 0. The topological polar surface area (TPSA) is 62.7 Å². The van der Waals surface area contributed by atoms with Crippen molar-refractivity contribution in [1.29, 1.82) is 5.26 Å². The highest BCUT2D eigenvalue weighted by molar-refractivity contribution is 7.98. The molecule has 4 nitrogen and oxygen atoms in total. The van der Waals surface area contributed by atoms with Gasteiger partial charge >= 0.3 is 0 Å². The minimum atomic E-state index is 0.346. The van der Waals surface area contributed by atoms with Gasteiger partial charge in [-0.25, -0.2) is 0 Å². The van der Waals surface area contributed by atoms with Gasteiger partial charge < -0.3 is 4.52 Å². The lowest BCUT2D eigenvalue weighted by atomic mass is 10.1. The Hall–Kier alpha value is -1.80. The van der Waals surface area contributed by atoms with Crippen molar-refractivity contribution >= 4 is 11.8 Å². The van der Waals surface area contributed by atoms with E-state index in [0.29, 0.717) is 18.1 Å². The number of hydrogen-bond acceptors (Lipinski definition) is 5. The molecule has 1 aromatic carbocycles. The van der Waals surface area contributed by atoms with Crippen LogP contribution in [0.2, 0.25) is 0 Å². The minimum absolute atomic E-state index is 0.346. The second kappa shape index (κ2) is 6.95.